The molecule has 0 saturated heterocycles. The summed E-state index contributed by atoms with van der Waals surface area (Å²) in [6.07, 6.45) is 4.60. The molecular weight excluding hydrogens is 418 g/mol. The van der Waals surface area contributed by atoms with Crippen molar-refractivity contribution in [1.82, 2.24) is 19.3 Å². The number of hydrogen-bond donors (Lipinski definition) is 1. The number of halogens is 3. The summed E-state index contributed by atoms with van der Waals surface area (Å²) in [6.45, 7) is 0.0125. The van der Waals surface area contributed by atoms with E-state index in [1.165, 1.54) is 23.4 Å². The maximum absolute atomic E-state index is 14.5. The van der Waals surface area contributed by atoms with Gasteiger partial charge in [0.25, 0.3) is 0 Å². The van der Waals surface area contributed by atoms with Crippen LogP contribution in [0.15, 0.2) is 65.8 Å². The second-order valence-electron chi connectivity index (χ2n) is 6.40. The van der Waals surface area contributed by atoms with Crippen molar-refractivity contribution in [3.05, 3.63) is 83.0 Å². The van der Waals surface area contributed by atoms with Crippen LogP contribution < -0.4 is 0 Å². The summed E-state index contributed by atoms with van der Waals surface area (Å²) < 4.78 is 32.0. The number of aromatic nitrogens is 4. The van der Waals surface area contributed by atoms with E-state index in [4.69, 9.17) is 0 Å². The van der Waals surface area contributed by atoms with Gasteiger partial charge >= 0.3 is 0 Å². The lowest BCUT2D eigenvalue weighted by Crippen LogP contribution is -2.37. The lowest BCUT2D eigenvalue weighted by Gasteiger charge is -2.30. The van der Waals surface area contributed by atoms with Gasteiger partial charge in [0.2, 0.25) is 0 Å². The first-order chi connectivity index (χ1) is 12.9. The van der Waals surface area contributed by atoms with Gasteiger partial charge in [-0.05, 0) is 29.7 Å². The zero-order valence-corrected chi connectivity index (χ0v) is 15.6. The molecule has 0 spiro atoms. The molecule has 0 bridgehead atoms. The molecule has 0 amide bonds. The third-order valence-electron chi connectivity index (χ3n) is 4.49. The van der Waals surface area contributed by atoms with Crippen molar-refractivity contribution in [3.63, 3.8) is 0 Å². The van der Waals surface area contributed by atoms with Gasteiger partial charge in [0.05, 0.1) is 13.1 Å². The Labute approximate surface area is 162 Å². The fourth-order valence-electron chi connectivity index (χ4n) is 3.25. The van der Waals surface area contributed by atoms with Gasteiger partial charge in [0.1, 0.15) is 29.9 Å². The first-order valence-electron chi connectivity index (χ1n) is 8.19. The summed E-state index contributed by atoms with van der Waals surface area (Å²) >= 11 is 3.44. The second-order valence-corrected chi connectivity index (χ2v) is 7.31. The first-order valence-corrected chi connectivity index (χ1v) is 8.99. The molecule has 2 heterocycles. The highest BCUT2D eigenvalue weighted by atomic mass is 79.9. The monoisotopic (exact) mass is 432 g/mol. The molecule has 0 aliphatic rings. The molecule has 0 radical (unpaired) electrons. The number of aliphatic hydroxyl groups is 1. The minimum absolute atomic E-state index is 0.00348. The van der Waals surface area contributed by atoms with E-state index < -0.39 is 17.2 Å². The van der Waals surface area contributed by atoms with Crippen molar-refractivity contribution in [1.29, 1.82) is 0 Å². The summed E-state index contributed by atoms with van der Waals surface area (Å²) in [5, 5.41) is 16.4. The summed E-state index contributed by atoms with van der Waals surface area (Å²) in [6, 6.07) is 10.9. The minimum Gasteiger partial charge on any atom is -0.381 e. The quantitative estimate of drug-likeness (QED) is 0.520. The first kappa shape index (κ1) is 17.8. The summed E-state index contributed by atoms with van der Waals surface area (Å²) in [7, 11) is 0. The molecule has 0 aliphatic carbocycles. The van der Waals surface area contributed by atoms with Crippen LogP contribution in [0.3, 0.4) is 0 Å². The average Bonchev–Trinajstić information content (AvgIpc) is 3.25. The predicted octanol–water partition coefficient (Wildman–Crippen LogP) is 3.86. The van der Waals surface area contributed by atoms with Crippen molar-refractivity contribution in [3.8, 4) is 0 Å². The largest absolute Gasteiger partial charge is 0.381 e. The lowest BCUT2D eigenvalue weighted by molar-refractivity contribution is -0.00435. The molecule has 2 aromatic carbocycles. The standard InChI is InChI=1S/C19H15BrF2N4O/c20-14-2-1-13-5-6-25(18(13)7-14)9-19(27,10-26-12-23-11-24-26)16-4-3-15(21)8-17(16)22/h1-8,11-12,27H,9-10H2. The number of benzene rings is 2. The average molecular weight is 433 g/mol. The van der Waals surface area contributed by atoms with Gasteiger partial charge in [0.15, 0.2) is 0 Å². The van der Waals surface area contributed by atoms with E-state index >= 15 is 0 Å². The van der Waals surface area contributed by atoms with E-state index in [0.29, 0.717) is 0 Å². The Hall–Kier alpha value is -2.58. The van der Waals surface area contributed by atoms with E-state index in [2.05, 4.69) is 26.0 Å². The van der Waals surface area contributed by atoms with Gasteiger partial charge in [-0.15, -0.1) is 0 Å². The van der Waals surface area contributed by atoms with Crippen LogP contribution in [0.25, 0.3) is 10.9 Å². The van der Waals surface area contributed by atoms with Crippen LogP contribution in [0, 0.1) is 11.6 Å². The third kappa shape index (κ3) is 3.50. The molecule has 4 aromatic rings. The molecule has 27 heavy (non-hydrogen) atoms. The van der Waals surface area contributed by atoms with E-state index in [9.17, 15) is 13.9 Å². The van der Waals surface area contributed by atoms with Gasteiger partial charge in [0, 0.05) is 27.8 Å². The van der Waals surface area contributed by atoms with Crippen LogP contribution in [-0.2, 0) is 18.7 Å². The van der Waals surface area contributed by atoms with Crippen molar-refractivity contribution < 1.29 is 13.9 Å². The molecule has 1 N–H and O–H groups in total. The third-order valence-corrected chi connectivity index (χ3v) is 4.98. The van der Waals surface area contributed by atoms with Crippen LogP contribution in [-0.4, -0.2) is 24.4 Å². The summed E-state index contributed by atoms with van der Waals surface area (Å²) in [4.78, 5) is 3.87. The van der Waals surface area contributed by atoms with Crippen LogP contribution in [0.1, 0.15) is 5.56 Å². The molecule has 0 fully saturated rings. The van der Waals surface area contributed by atoms with Crippen LogP contribution in [0.5, 0.6) is 0 Å². The van der Waals surface area contributed by atoms with Gasteiger partial charge in [-0.25, -0.2) is 18.4 Å². The summed E-state index contributed by atoms with van der Waals surface area (Å²) in [5.41, 5.74) is -0.792. The van der Waals surface area contributed by atoms with E-state index in [1.54, 1.807) is 0 Å². The van der Waals surface area contributed by atoms with Crippen molar-refractivity contribution in [2.45, 2.75) is 18.7 Å². The van der Waals surface area contributed by atoms with Crippen LogP contribution >= 0.6 is 15.9 Å². The molecule has 0 aliphatic heterocycles. The van der Waals surface area contributed by atoms with Gasteiger partial charge in [-0.3, -0.25) is 0 Å². The molecule has 8 heteroatoms. The Bertz CT molecular complexity index is 1100. The maximum Gasteiger partial charge on any atom is 0.137 e. The Balaban J connectivity index is 1.80. The molecule has 1 unspecified atom stereocenters. The van der Waals surface area contributed by atoms with Gasteiger partial charge in [-0.1, -0.05) is 28.1 Å². The fourth-order valence-corrected chi connectivity index (χ4v) is 3.60. The van der Waals surface area contributed by atoms with E-state index in [0.717, 1.165) is 27.5 Å². The van der Waals surface area contributed by atoms with Crippen molar-refractivity contribution >= 4 is 26.8 Å². The second kappa shape index (κ2) is 6.86. The highest BCUT2D eigenvalue weighted by Crippen LogP contribution is 2.31. The van der Waals surface area contributed by atoms with Gasteiger partial charge in [-0.2, -0.15) is 5.10 Å². The smallest absolute Gasteiger partial charge is 0.137 e. The number of rotatable bonds is 5. The Kier molecular flexibility index (Phi) is 4.53. The topological polar surface area (TPSA) is 55.9 Å². The fraction of sp³-hybridized carbons (Fsp3) is 0.158. The van der Waals surface area contributed by atoms with E-state index in [-0.39, 0.29) is 18.7 Å². The molecule has 0 saturated carbocycles. The maximum atomic E-state index is 14.5. The molecule has 138 valence electrons. The SMILES string of the molecule is OC(Cn1cncn1)(Cn1ccc2ccc(Br)cc21)c1ccc(F)cc1F. The zero-order chi connectivity index (χ0) is 19.0. The van der Waals surface area contributed by atoms with Crippen molar-refractivity contribution in [2.24, 2.45) is 0 Å². The molecule has 2 aromatic heterocycles. The van der Waals surface area contributed by atoms with Crippen LogP contribution in [0.4, 0.5) is 8.78 Å². The molecule has 5 nitrogen and oxygen atoms in total. The van der Waals surface area contributed by atoms with Crippen LogP contribution in [0.2, 0.25) is 0 Å². The Morgan fingerprint density at radius 1 is 1.07 bits per heavy atom. The van der Waals surface area contributed by atoms with Gasteiger partial charge < -0.3 is 9.67 Å². The molecule has 4 rings (SSSR count). The Morgan fingerprint density at radius 2 is 1.93 bits per heavy atom. The number of nitrogens with zero attached hydrogens (tertiary/aromatic N) is 4. The normalized spacial score (nSPS) is 13.8. The van der Waals surface area contributed by atoms with E-state index in [1.807, 2.05) is 35.0 Å². The number of hydrogen-bond acceptors (Lipinski definition) is 3. The zero-order valence-electron chi connectivity index (χ0n) is 14.1. The number of fused-ring (bicyclic) bond motifs is 1. The predicted molar refractivity (Wildman–Crippen MR) is 99.9 cm³/mol. The molecular formula is C19H15BrF2N4O. The minimum atomic E-state index is -1.67. The highest BCUT2D eigenvalue weighted by Gasteiger charge is 2.34. The highest BCUT2D eigenvalue weighted by molar-refractivity contribution is 9.10. The molecule has 1 atom stereocenters. The lowest BCUT2D eigenvalue weighted by atomic mass is 9.92. The Morgan fingerprint density at radius 3 is 2.67 bits per heavy atom. The summed E-state index contributed by atoms with van der Waals surface area (Å²) in [5.74, 6) is -1.51. The van der Waals surface area contributed by atoms with Crippen molar-refractivity contribution in [2.75, 3.05) is 0 Å².